The summed E-state index contributed by atoms with van der Waals surface area (Å²) in [6.45, 7) is 3.81. The minimum atomic E-state index is -1.28. The van der Waals surface area contributed by atoms with Crippen LogP contribution in [-0.2, 0) is 26.2 Å². The highest BCUT2D eigenvalue weighted by atomic mass is 79.9. The van der Waals surface area contributed by atoms with E-state index in [1.165, 1.54) is 16.8 Å². The second kappa shape index (κ2) is 10.3. The molecule has 6 atom stereocenters. The van der Waals surface area contributed by atoms with Crippen LogP contribution in [0.1, 0.15) is 36.8 Å². The van der Waals surface area contributed by atoms with Crippen molar-refractivity contribution in [2.45, 2.75) is 32.6 Å². The Morgan fingerprint density at radius 1 is 1.02 bits per heavy atom. The standard InChI is InChI=1S/C35H30BrClN4O5S/c1-15-20-12-17(37)6-10-26(20)47-30(15)24-14-27(40(4)38-24)41-32(44)23-13-21-18(7-8-19-28(21)33(45)39(3)31(19)43)29(35(23,2)34(41)46)22-11-16(36)5-9-25(22)42/h5-7,9-12,14,19,21,23,28-29,42H,8,13H2,1-4H3. The number of nitrogens with zero attached hydrogens (tertiary/aromatic N) is 4. The zero-order chi connectivity index (χ0) is 33.3. The monoisotopic (exact) mass is 732 g/mol. The van der Waals surface area contributed by atoms with Gasteiger partial charge >= 0.3 is 0 Å². The Balaban J connectivity index is 1.27. The molecule has 1 N–H and O–H groups in total. The van der Waals surface area contributed by atoms with Gasteiger partial charge in [0.25, 0.3) is 0 Å². The summed E-state index contributed by atoms with van der Waals surface area (Å²) in [5, 5.41) is 17.7. The van der Waals surface area contributed by atoms with Crippen LogP contribution in [0.3, 0.4) is 0 Å². The lowest BCUT2D eigenvalue weighted by molar-refractivity contribution is -0.138. The number of carbonyl (C=O) groups is 4. The molecule has 4 heterocycles. The van der Waals surface area contributed by atoms with Gasteiger partial charge in [0.2, 0.25) is 23.6 Å². The van der Waals surface area contributed by atoms with Crippen molar-refractivity contribution in [3.63, 3.8) is 0 Å². The maximum absolute atomic E-state index is 14.9. The number of imide groups is 2. The second-order valence-corrected chi connectivity index (χ2v) is 15.7. The van der Waals surface area contributed by atoms with E-state index in [9.17, 15) is 24.3 Å². The smallest absolute Gasteiger partial charge is 0.242 e. The van der Waals surface area contributed by atoms with Crippen LogP contribution in [0.25, 0.3) is 20.7 Å². The van der Waals surface area contributed by atoms with Crippen LogP contribution in [0.5, 0.6) is 5.75 Å². The molecule has 0 radical (unpaired) electrons. The lowest BCUT2D eigenvalue weighted by Gasteiger charge is -2.49. The largest absolute Gasteiger partial charge is 0.508 e. The van der Waals surface area contributed by atoms with Gasteiger partial charge in [0, 0.05) is 45.8 Å². The third kappa shape index (κ3) is 4.09. The van der Waals surface area contributed by atoms with Gasteiger partial charge in [0.15, 0.2) is 0 Å². The van der Waals surface area contributed by atoms with Crippen molar-refractivity contribution in [3.05, 3.63) is 74.7 Å². The van der Waals surface area contributed by atoms with Gasteiger partial charge < -0.3 is 5.11 Å². The van der Waals surface area contributed by atoms with Crippen LogP contribution in [-0.4, -0.2) is 50.5 Å². The number of allylic oxidation sites excluding steroid dienone is 2. The van der Waals surface area contributed by atoms with E-state index in [1.807, 2.05) is 31.2 Å². The van der Waals surface area contributed by atoms with Crippen LogP contribution in [0.2, 0.25) is 5.02 Å². The topological polar surface area (TPSA) is 113 Å². The van der Waals surface area contributed by atoms with E-state index < -0.39 is 40.9 Å². The molecule has 4 aliphatic rings. The van der Waals surface area contributed by atoms with E-state index in [0.717, 1.165) is 26.1 Å². The van der Waals surface area contributed by atoms with Crippen molar-refractivity contribution in [2.75, 3.05) is 11.9 Å². The Bertz CT molecular complexity index is 2140. The Hall–Kier alpha value is -3.80. The van der Waals surface area contributed by atoms with Crippen molar-refractivity contribution in [1.29, 1.82) is 0 Å². The number of halogens is 2. The zero-order valence-corrected chi connectivity index (χ0v) is 29.1. The van der Waals surface area contributed by atoms with Gasteiger partial charge in [-0.1, -0.05) is 39.2 Å². The molecule has 2 aromatic heterocycles. The number of aromatic hydroxyl groups is 1. The summed E-state index contributed by atoms with van der Waals surface area (Å²) in [5.41, 5.74) is 1.68. The number of anilines is 1. The van der Waals surface area contributed by atoms with E-state index in [0.29, 0.717) is 33.0 Å². The quantitative estimate of drug-likeness (QED) is 0.188. The van der Waals surface area contributed by atoms with Crippen LogP contribution >= 0.6 is 38.9 Å². The van der Waals surface area contributed by atoms with Crippen molar-refractivity contribution >= 4 is 78.4 Å². The number of hydrogen-bond acceptors (Lipinski definition) is 7. The first-order valence-corrected chi connectivity index (χ1v) is 17.4. The highest BCUT2D eigenvalue weighted by Crippen LogP contribution is 2.64. The summed E-state index contributed by atoms with van der Waals surface area (Å²) in [6, 6.07) is 12.6. The fourth-order valence-corrected chi connectivity index (χ4v) is 10.4. The molecule has 2 aliphatic carbocycles. The first-order chi connectivity index (χ1) is 22.3. The maximum atomic E-state index is 14.9. The number of aromatic nitrogens is 2. The first-order valence-electron chi connectivity index (χ1n) is 15.4. The number of rotatable bonds is 3. The molecule has 1 saturated carbocycles. The van der Waals surface area contributed by atoms with Crippen LogP contribution in [0.4, 0.5) is 5.82 Å². The zero-order valence-electron chi connectivity index (χ0n) is 26.0. The Labute approximate surface area is 287 Å². The van der Waals surface area contributed by atoms with Gasteiger partial charge in [-0.25, -0.2) is 4.90 Å². The number of carbonyl (C=O) groups excluding carboxylic acids is 4. The molecule has 9 nitrogen and oxygen atoms in total. The Morgan fingerprint density at radius 3 is 2.55 bits per heavy atom. The summed E-state index contributed by atoms with van der Waals surface area (Å²) in [5.74, 6) is -4.00. The molecule has 8 rings (SSSR count). The number of likely N-dealkylation sites (tertiary alicyclic amines) is 1. The summed E-state index contributed by atoms with van der Waals surface area (Å²) in [4.78, 5) is 59.4. The van der Waals surface area contributed by atoms with E-state index in [4.69, 9.17) is 16.7 Å². The van der Waals surface area contributed by atoms with Crippen molar-refractivity contribution in [1.82, 2.24) is 14.7 Å². The second-order valence-electron chi connectivity index (χ2n) is 13.3. The van der Waals surface area contributed by atoms with Gasteiger partial charge in [-0.05, 0) is 80.0 Å². The average Bonchev–Trinajstić information content (AvgIpc) is 3.70. The van der Waals surface area contributed by atoms with Crippen LogP contribution in [0.15, 0.2) is 58.6 Å². The highest BCUT2D eigenvalue weighted by molar-refractivity contribution is 9.10. The van der Waals surface area contributed by atoms with Gasteiger partial charge in [0.1, 0.15) is 17.3 Å². The fraction of sp³-hybridized carbons (Fsp3) is 0.343. The lowest BCUT2D eigenvalue weighted by atomic mass is 9.51. The molecular weight excluding hydrogens is 704 g/mol. The van der Waals surface area contributed by atoms with Gasteiger partial charge in [0.05, 0.1) is 28.0 Å². The minimum absolute atomic E-state index is 0.00495. The number of phenols is 1. The highest BCUT2D eigenvalue weighted by Gasteiger charge is 2.68. The summed E-state index contributed by atoms with van der Waals surface area (Å²) < 4.78 is 3.32. The normalized spacial score (nSPS) is 28.6. The molecule has 6 unspecified atom stereocenters. The molecule has 12 heteroatoms. The summed E-state index contributed by atoms with van der Waals surface area (Å²) >= 11 is 11.4. The third-order valence-corrected chi connectivity index (χ3v) is 13.0. The van der Waals surface area contributed by atoms with Crippen molar-refractivity contribution in [2.24, 2.45) is 36.1 Å². The van der Waals surface area contributed by atoms with Crippen molar-refractivity contribution in [3.8, 4) is 16.3 Å². The van der Waals surface area contributed by atoms with E-state index in [-0.39, 0.29) is 29.9 Å². The predicted molar refractivity (Wildman–Crippen MR) is 182 cm³/mol. The molecule has 2 saturated heterocycles. The summed E-state index contributed by atoms with van der Waals surface area (Å²) in [6.07, 6.45) is 2.57. The number of thiophene rings is 1. The number of benzene rings is 2. The van der Waals surface area contributed by atoms with E-state index in [1.54, 1.807) is 54.3 Å². The molecule has 4 aromatic rings. The number of aryl methyl sites for hydroxylation is 2. The van der Waals surface area contributed by atoms with Crippen LogP contribution < -0.4 is 4.90 Å². The molecule has 2 aromatic carbocycles. The molecular formula is C35H30BrClN4O5S. The number of hydrogen-bond donors (Lipinski definition) is 1. The number of fused-ring (bicyclic) bond motifs is 5. The molecule has 0 bridgehead atoms. The SMILES string of the molecule is Cc1c(-c2cc(N3C(=O)C4CC5C(=CCC6C(=O)N(C)C(=O)C65)C(c5cc(Br)ccc5O)C4(C)C3=O)n(C)n2)sc2ccc(Cl)cc12. The maximum Gasteiger partial charge on any atom is 0.242 e. The molecule has 0 spiro atoms. The number of amides is 4. The van der Waals surface area contributed by atoms with Crippen LogP contribution in [0, 0.1) is 36.0 Å². The lowest BCUT2D eigenvalue weighted by Crippen LogP contribution is -2.48. The molecule has 240 valence electrons. The van der Waals surface area contributed by atoms with E-state index in [2.05, 4.69) is 15.9 Å². The molecule has 47 heavy (non-hydrogen) atoms. The molecule has 4 amide bonds. The van der Waals surface area contributed by atoms with Gasteiger partial charge in [-0.3, -0.25) is 28.8 Å². The van der Waals surface area contributed by atoms with Crippen molar-refractivity contribution < 1.29 is 24.3 Å². The Kier molecular flexibility index (Phi) is 6.72. The first kappa shape index (κ1) is 30.5. The molecule has 2 aliphatic heterocycles. The van der Waals surface area contributed by atoms with Gasteiger partial charge in [-0.15, -0.1) is 11.3 Å². The average molecular weight is 734 g/mol. The third-order valence-electron chi connectivity index (χ3n) is 11.0. The Morgan fingerprint density at radius 2 is 1.79 bits per heavy atom. The summed E-state index contributed by atoms with van der Waals surface area (Å²) in [7, 11) is 3.22. The minimum Gasteiger partial charge on any atom is -0.508 e. The van der Waals surface area contributed by atoms with Gasteiger partial charge in [-0.2, -0.15) is 5.10 Å². The fourth-order valence-electron chi connectivity index (χ4n) is 8.71. The predicted octanol–water partition coefficient (Wildman–Crippen LogP) is 6.59. The number of phenolic OH excluding ortho intramolecular Hbond substituents is 1. The molecule has 3 fully saturated rings. The van der Waals surface area contributed by atoms with E-state index >= 15 is 0 Å².